The molecule has 0 saturated carbocycles. The van der Waals surface area contributed by atoms with Gasteiger partial charge in [-0.15, -0.1) is 0 Å². The molecule has 0 aromatic rings. The molecule has 214 valence electrons. The van der Waals surface area contributed by atoms with Crippen molar-refractivity contribution in [2.45, 2.75) is 142 Å². The highest BCUT2D eigenvalue weighted by Gasteiger charge is 2.17. The Bertz CT molecular complexity index is 625. The van der Waals surface area contributed by atoms with E-state index in [-0.39, 0.29) is 25.2 Å². The third-order valence-electron chi connectivity index (χ3n) is 6.01. The number of rotatable bonds is 25. The minimum Gasteiger partial charge on any atom is -0.462 e. The lowest BCUT2D eigenvalue weighted by atomic mass is 10.1. The van der Waals surface area contributed by atoms with Crippen LogP contribution in [-0.4, -0.2) is 37.2 Å². The van der Waals surface area contributed by atoms with E-state index in [0.29, 0.717) is 12.8 Å². The predicted molar refractivity (Wildman–Crippen MR) is 150 cm³/mol. The van der Waals surface area contributed by atoms with Gasteiger partial charge >= 0.3 is 17.9 Å². The second kappa shape index (κ2) is 26.9. The molecule has 0 heterocycles. The van der Waals surface area contributed by atoms with Crippen molar-refractivity contribution >= 4 is 17.9 Å². The van der Waals surface area contributed by atoms with Gasteiger partial charge in [0.15, 0.2) is 6.10 Å². The molecule has 1 atom stereocenters. The van der Waals surface area contributed by atoms with Crippen molar-refractivity contribution in [3.63, 3.8) is 0 Å². The molecule has 1 unspecified atom stereocenters. The number of hydrogen-bond donors (Lipinski definition) is 0. The molecule has 0 fully saturated rings. The first kappa shape index (κ1) is 34.9. The zero-order valence-electron chi connectivity index (χ0n) is 24.0. The maximum absolute atomic E-state index is 12.0. The van der Waals surface area contributed by atoms with Crippen molar-refractivity contribution in [2.24, 2.45) is 0 Å². The molecular formula is C31H54O6. The van der Waals surface area contributed by atoms with E-state index >= 15 is 0 Å². The molecule has 0 rings (SSSR count). The summed E-state index contributed by atoms with van der Waals surface area (Å²) in [5.41, 5.74) is 0. The van der Waals surface area contributed by atoms with Crippen LogP contribution in [0.4, 0.5) is 0 Å². The fourth-order valence-electron chi connectivity index (χ4n) is 3.82. The lowest BCUT2D eigenvalue weighted by Gasteiger charge is -2.17. The summed E-state index contributed by atoms with van der Waals surface area (Å²) in [4.78, 5) is 35.3. The van der Waals surface area contributed by atoms with E-state index in [1.54, 1.807) is 0 Å². The van der Waals surface area contributed by atoms with E-state index in [0.717, 1.165) is 64.2 Å². The molecule has 0 amide bonds. The molecule has 0 aromatic heterocycles. The standard InChI is InChI=1S/C31H54O6/c1-4-6-8-10-11-12-13-14-15-16-17-18-19-21-23-25-31(34)36-27-29(37-28(3)32)26-35-30(33)24-22-20-9-7-5-2/h11-12,14-15,29H,4-10,13,16-27H2,1-3H3/b12-11-,15-14-. The topological polar surface area (TPSA) is 78.9 Å². The van der Waals surface area contributed by atoms with Gasteiger partial charge in [0, 0.05) is 19.8 Å². The predicted octanol–water partition coefficient (Wildman–Crippen LogP) is 8.18. The minimum atomic E-state index is -0.768. The van der Waals surface area contributed by atoms with Crippen molar-refractivity contribution in [1.29, 1.82) is 0 Å². The van der Waals surface area contributed by atoms with Crippen LogP contribution in [-0.2, 0) is 28.6 Å². The first-order chi connectivity index (χ1) is 18.0. The monoisotopic (exact) mass is 522 g/mol. The van der Waals surface area contributed by atoms with Crippen molar-refractivity contribution < 1.29 is 28.6 Å². The van der Waals surface area contributed by atoms with E-state index in [2.05, 4.69) is 38.2 Å². The molecule has 6 nitrogen and oxygen atoms in total. The van der Waals surface area contributed by atoms with E-state index in [9.17, 15) is 14.4 Å². The first-order valence-electron chi connectivity index (χ1n) is 14.8. The van der Waals surface area contributed by atoms with Crippen molar-refractivity contribution in [3.05, 3.63) is 24.3 Å². The van der Waals surface area contributed by atoms with Gasteiger partial charge < -0.3 is 14.2 Å². The van der Waals surface area contributed by atoms with Crippen molar-refractivity contribution in [3.8, 4) is 0 Å². The Hall–Kier alpha value is -2.11. The maximum atomic E-state index is 12.0. The van der Waals surface area contributed by atoms with Gasteiger partial charge in [0.1, 0.15) is 13.2 Å². The van der Waals surface area contributed by atoms with Gasteiger partial charge in [-0.2, -0.15) is 0 Å². The highest BCUT2D eigenvalue weighted by molar-refractivity contribution is 5.70. The lowest BCUT2D eigenvalue weighted by molar-refractivity contribution is -0.165. The number of carbonyl (C=O) groups is 3. The molecule has 0 N–H and O–H groups in total. The molecule has 0 aliphatic heterocycles. The Kier molecular flexibility index (Phi) is 25.4. The second-order valence-electron chi connectivity index (χ2n) is 9.74. The van der Waals surface area contributed by atoms with Crippen LogP contribution in [0.2, 0.25) is 0 Å². The first-order valence-corrected chi connectivity index (χ1v) is 14.8. The molecule has 6 heteroatoms. The number of carbonyl (C=O) groups excluding carboxylic acids is 3. The summed E-state index contributed by atoms with van der Waals surface area (Å²) in [5, 5.41) is 0. The average Bonchev–Trinajstić information content (AvgIpc) is 2.87. The molecular weight excluding hydrogens is 468 g/mol. The average molecular weight is 523 g/mol. The van der Waals surface area contributed by atoms with Crippen LogP contribution in [0.15, 0.2) is 24.3 Å². The van der Waals surface area contributed by atoms with E-state index in [1.807, 2.05) is 0 Å². The van der Waals surface area contributed by atoms with Crippen LogP contribution in [0.5, 0.6) is 0 Å². The van der Waals surface area contributed by atoms with Crippen LogP contribution < -0.4 is 0 Å². The van der Waals surface area contributed by atoms with Gasteiger partial charge in [-0.3, -0.25) is 14.4 Å². The third kappa shape index (κ3) is 26.8. The molecule has 0 spiro atoms. The molecule has 37 heavy (non-hydrogen) atoms. The summed E-state index contributed by atoms with van der Waals surface area (Å²) in [6.07, 6.45) is 26.6. The number of unbranched alkanes of at least 4 members (excludes halogenated alkanes) is 12. The molecule has 0 radical (unpaired) electrons. The summed E-state index contributed by atoms with van der Waals surface area (Å²) in [7, 11) is 0. The smallest absolute Gasteiger partial charge is 0.305 e. The highest BCUT2D eigenvalue weighted by Crippen LogP contribution is 2.10. The van der Waals surface area contributed by atoms with E-state index in [4.69, 9.17) is 14.2 Å². The van der Waals surface area contributed by atoms with Crippen LogP contribution in [0.3, 0.4) is 0 Å². The summed E-state index contributed by atoms with van der Waals surface area (Å²) >= 11 is 0. The normalized spacial score (nSPS) is 12.2. The Labute approximate surface area is 226 Å². The highest BCUT2D eigenvalue weighted by atomic mass is 16.6. The van der Waals surface area contributed by atoms with Crippen molar-refractivity contribution in [2.75, 3.05) is 13.2 Å². The van der Waals surface area contributed by atoms with Gasteiger partial charge in [0.2, 0.25) is 0 Å². The molecule has 0 aliphatic rings. The van der Waals surface area contributed by atoms with Gasteiger partial charge in [-0.25, -0.2) is 0 Å². The number of allylic oxidation sites excluding steroid dienone is 4. The van der Waals surface area contributed by atoms with Crippen LogP contribution in [0, 0.1) is 0 Å². The van der Waals surface area contributed by atoms with Gasteiger partial charge in [-0.1, -0.05) is 95.9 Å². The largest absolute Gasteiger partial charge is 0.462 e. The summed E-state index contributed by atoms with van der Waals surface area (Å²) in [6, 6.07) is 0. The van der Waals surface area contributed by atoms with Crippen LogP contribution in [0.1, 0.15) is 136 Å². The molecule has 0 saturated heterocycles. The maximum Gasteiger partial charge on any atom is 0.305 e. The van der Waals surface area contributed by atoms with E-state index in [1.165, 1.54) is 45.4 Å². The zero-order valence-corrected chi connectivity index (χ0v) is 24.0. The Morgan fingerprint density at radius 1 is 0.595 bits per heavy atom. The summed E-state index contributed by atoms with van der Waals surface area (Å²) in [6.45, 7) is 5.47. The van der Waals surface area contributed by atoms with Crippen molar-refractivity contribution in [1.82, 2.24) is 0 Å². The third-order valence-corrected chi connectivity index (χ3v) is 6.01. The van der Waals surface area contributed by atoms with Gasteiger partial charge in [0.25, 0.3) is 0 Å². The lowest BCUT2D eigenvalue weighted by Crippen LogP contribution is -2.30. The Morgan fingerprint density at radius 3 is 1.54 bits per heavy atom. The van der Waals surface area contributed by atoms with Crippen LogP contribution in [0.25, 0.3) is 0 Å². The number of esters is 3. The van der Waals surface area contributed by atoms with Gasteiger partial charge in [-0.05, 0) is 44.9 Å². The second-order valence-corrected chi connectivity index (χ2v) is 9.74. The number of hydrogen-bond acceptors (Lipinski definition) is 6. The summed E-state index contributed by atoms with van der Waals surface area (Å²) in [5.74, 6) is -1.12. The fraction of sp³-hybridized carbons (Fsp3) is 0.774. The van der Waals surface area contributed by atoms with Crippen LogP contribution >= 0.6 is 0 Å². The fourth-order valence-corrected chi connectivity index (χ4v) is 3.82. The Morgan fingerprint density at radius 2 is 1.03 bits per heavy atom. The van der Waals surface area contributed by atoms with Gasteiger partial charge in [0.05, 0.1) is 0 Å². The summed E-state index contributed by atoms with van der Waals surface area (Å²) < 4.78 is 15.6. The minimum absolute atomic E-state index is 0.0929. The Balaban J connectivity index is 3.82. The molecule has 0 bridgehead atoms. The zero-order chi connectivity index (χ0) is 27.4. The molecule has 0 aliphatic carbocycles. The SMILES string of the molecule is CCCCC/C=C\C/C=C\CCCCCCCC(=O)OCC(COC(=O)CCCCCCC)OC(C)=O. The quantitative estimate of drug-likeness (QED) is 0.0520. The number of ether oxygens (including phenoxy) is 3. The molecule has 0 aromatic carbocycles. The van der Waals surface area contributed by atoms with E-state index < -0.39 is 12.1 Å².